The molecule has 1 atom stereocenters. The van der Waals surface area contributed by atoms with Crippen LogP contribution in [-0.2, 0) is 26.2 Å². The smallest absolute Gasteiger partial charge is 0.264 e. The Morgan fingerprint density at radius 2 is 1.62 bits per heavy atom. The van der Waals surface area contributed by atoms with E-state index < -0.39 is 28.5 Å². The number of hydrogen-bond donors (Lipinski definition) is 1. The van der Waals surface area contributed by atoms with E-state index in [0.29, 0.717) is 22.0 Å². The van der Waals surface area contributed by atoms with E-state index in [1.807, 2.05) is 20.8 Å². The van der Waals surface area contributed by atoms with Gasteiger partial charge in [-0.25, -0.2) is 8.42 Å². The lowest BCUT2D eigenvalue weighted by atomic mass is 10.1. The Morgan fingerprint density at radius 3 is 2.18 bits per heavy atom. The Labute approximate surface area is 235 Å². The van der Waals surface area contributed by atoms with Gasteiger partial charge in [-0.2, -0.15) is 0 Å². The number of carbonyl (C=O) groups is 2. The van der Waals surface area contributed by atoms with Gasteiger partial charge in [0.15, 0.2) is 0 Å². The predicted octanol–water partition coefficient (Wildman–Crippen LogP) is 4.79. The van der Waals surface area contributed by atoms with Crippen molar-refractivity contribution in [3.05, 3.63) is 88.9 Å². The molecule has 0 saturated heterocycles. The zero-order chi connectivity index (χ0) is 28.7. The summed E-state index contributed by atoms with van der Waals surface area (Å²) in [5, 5.41) is 3.32. The second-order valence-corrected chi connectivity index (χ2v) is 11.8. The van der Waals surface area contributed by atoms with Gasteiger partial charge in [0.25, 0.3) is 10.0 Å². The van der Waals surface area contributed by atoms with Crippen molar-refractivity contribution in [1.29, 1.82) is 0 Å². The number of ether oxygens (including phenoxy) is 1. The molecule has 208 valence electrons. The van der Waals surface area contributed by atoms with Crippen LogP contribution < -0.4 is 14.4 Å². The number of amides is 2. The molecule has 0 aliphatic rings. The first-order valence-electron chi connectivity index (χ1n) is 12.5. The number of aryl methyl sites for hydroxylation is 1. The zero-order valence-electron chi connectivity index (χ0n) is 22.7. The number of benzene rings is 3. The Hall–Kier alpha value is -3.56. The Bertz CT molecular complexity index is 1390. The summed E-state index contributed by atoms with van der Waals surface area (Å²) in [5.41, 5.74) is 1.97. The lowest BCUT2D eigenvalue weighted by Gasteiger charge is -2.32. The van der Waals surface area contributed by atoms with E-state index in [2.05, 4.69) is 5.32 Å². The third-order valence-electron chi connectivity index (χ3n) is 6.09. The highest BCUT2D eigenvalue weighted by atomic mass is 35.5. The van der Waals surface area contributed by atoms with Gasteiger partial charge < -0.3 is 15.0 Å². The van der Waals surface area contributed by atoms with Crippen molar-refractivity contribution in [3.63, 3.8) is 0 Å². The molecule has 0 aliphatic carbocycles. The molecule has 1 N–H and O–H groups in total. The number of carbonyl (C=O) groups excluding carboxylic acids is 2. The van der Waals surface area contributed by atoms with Crippen molar-refractivity contribution in [2.75, 3.05) is 18.0 Å². The number of nitrogens with zero attached hydrogens (tertiary/aromatic N) is 2. The van der Waals surface area contributed by atoms with Gasteiger partial charge in [0.05, 0.1) is 17.7 Å². The third-order valence-corrected chi connectivity index (χ3v) is 8.11. The first-order chi connectivity index (χ1) is 18.4. The fourth-order valence-corrected chi connectivity index (χ4v) is 5.56. The van der Waals surface area contributed by atoms with Crippen molar-refractivity contribution in [1.82, 2.24) is 10.2 Å². The van der Waals surface area contributed by atoms with Gasteiger partial charge in [-0.1, -0.05) is 41.4 Å². The number of methoxy groups -OCH3 is 1. The molecule has 3 aromatic carbocycles. The summed E-state index contributed by atoms with van der Waals surface area (Å²) < 4.78 is 33.9. The van der Waals surface area contributed by atoms with Crippen LogP contribution in [0.5, 0.6) is 5.75 Å². The second kappa shape index (κ2) is 13.0. The Balaban J connectivity index is 2.03. The number of halogens is 1. The molecule has 8 nitrogen and oxygen atoms in total. The van der Waals surface area contributed by atoms with E-state index in [-0.39, 0.29) is 23.4 Å². The fraction of sp³-hybridized carbons (Fsp3) is 0.310. The molecule has 3 rings (SSSR count). The van der Waals surface area contributed by atoms with Crippen LogP contribution in [0.4, 0.5) is 5.69 Å². The van der Waals surface area contributed by atoms with Crippen LogP contribution in [0.1, 0.15) is 31.9 Å². The molecule has 0 bridgehead atoms. The maximum atomic E-state index is 13.9. The van der Waals surface area contributed by atoms with Crippen LogP contribution in [0, 0.1) is 6.92 Å². The van der Waals surface area contributed by atoms with Crippen LogP contribution in [0.2, 0.25) is 5.02 Å². The minimum absolute atomic E-state index is 0.00339. The average Bonchev–Trinajstić information content (AvgIpc) is 2.90. The minimum Gasteiger partial charge on any atom is -0.497 e. The largest absolute Gasteiger partial charge is 0.497 e. The SMILES string of the molecule is COc1ccc(S(=O)(=O)N(CC(=O)N(Cc2cccc(Cl)c2)[C@@H](C)C(=O)NC(C)C)c2ccc(C)cc2)cc1. The van der Waals surface area contributed by atoms with E-state index >= 15 is 0 Å². The molecule has 0 aliphatic heterocycles. The van der Waals surface area contributed by atoms with Crippen LogP contribution in [-0.4, -0.2) is 50.9 Å². The van der Waals surface area contributed by atoms with Crippen LogP contribution in [0.15, 0.2) is 77.7 Å². The van der Waals surface area contributed by atoms with Crippen molar-refractivity contribution in [2.24, 2.45) is 0 Å². The lowest BCUT2D eigenvalue weighted by Crippen LogP contribution is -2.52. The maximum absolute atomic E-state index is 13.9. The maximum Gasteiger partial charge on any atom is 0.264 e. The van der Waals surface area contributed by atoms with Crippen molar-refractivity contribution >= 4 is 39.1 Å². The third kappa shape index (κ3) is 7.74. The van der Waals surface area contributed by atoms with Gasteiger partial charge in [0, 0.05) is 17.6 Å². The summed E-state index contributed by atoms with van der Waals surface area (Å²) in [6.45, 7) is 6.71. The van der Waals surface area contributed by atoms with Gasteiger partial charge in [0.1, 0.15) is 18.3 Å². The molecule has 0 saturated carbocycles. The number of rotatable bonds is 11. The van der Waals surface area contributed by atoms with Crippen LogP contribution >= 0.6 is 11.6 Å². The molecule has 0 radical (unpaired) electrons. The molecule has 0 spiro atoms. The summed E-state index contributed by atoms with van der Waals surface area (Å²) in [5.74, 6) is -0.385. The summed E-state index contributed by atoms with van der Waals surface area (Å²) in [7, 11) is -2.66. The van der Waals surface area contributed by atoms with Gasteiger partial charge >= 0.3 is 0 Å². The highest BCUT2D eigenvalue weighted by molar-refractivity contribution is 7.92. The van der Waals surface area contributed by atoms with Crippen molar-refractivity contribution < 1.29 is 22.7 Å². The molecule has 0 fully saturated rings. The molecule has 2 amide bonds. The summed E-state index contributed by atoms with van der Waals surface area (Å²) >= 11 is 6.17. The number of anilines is 1. The zero-order valence-corrected chi connectivity index (χ0v) is 24.3. The van der Waals surface area contributed by atoms with E-state index in [4.69, 9.17) is 16.3 Å². The summed E-state index contributed by atoms with van der Waals surface area (Å²) in [6, 6.07) is 18.8. The van der Waals surface area contributed by atoms with Crippen molar-refractivity contribution in [3.8, 4) is 5.75 Å². The van der Waals surface area contributed by atoms with Gasteiger partial charge in [0.2, 0.25) is 11.8 Å². The van der Waals surface area contributed by atoms with E-state index in [1.165, 1.54) is 24.1 Å². The molecule has 0 unspecified atom stereocenters. The quantitative estimate of drug-likeness (QED) is 0.357. The van der Waals surface area contributed by atoms with Gasteiger partial charge in [-0.15, -0.1) is 0 Å². The van der Waals surface area contributed by atoms with E-state index in [1.54, 1.807) is 67.6 Å². The molecule has 10 heteroatoms. The standard InChI is InChI=1S/C29H34ClN3O5S/c1-20(2)31-29(35)22(4)32(18-23-7-6-8-24(30)17-23)28(34)19-33(25-11-9-21(3)10-12-25)39(36,37)27-15-13-26(38-5)14-16-27/h6-17,20,22H,18-19H2,1-5H3,(H,31,35)/t22-/m0/s1. The normalized spacial score (nSPS) is 12.1. The van der Waals surface area contributed by atoms with Gasteiger partial charge in [-0.05, 0) is 81.8 Å². The Kier molecular flexibility index (Phi) is 9.99. The molecular weight excluding hydrogens is 538 g/mol. The molecule has 0 aromatic heterocycles. The van der Waals surface area contributed by atoms with E-state index in [0.717, 1.165) is 9.87 Å². The van der Waals surface area contributed by atoms with Crippen LogP contribution in [0.3, 0.4) is 0 Å². The van der Waals surface area contributed by atoms with Crippen LogP contribution in [0.25, 0.3) is 0 Å². The fourth-order valence-electron chi connectivity index (χ4n) is 3.93. The predicted molar refractivity (Wildman–Crippen MR) is 153 cm³/mol. The summed E-state index contributed by atoms with van der Waals surface area (Å²) in [4.78, 5) is 28.2. The highest BCUT2D eigenvalue weighted by Gasteiger charge is 2.32. The average molecular weight is 572 g/mol. The minimum atomic E-state index is -4.16. The molecule has 3 aromatic rings. The number of nitrogens with one attached hydrogen (secondary N) is 1. The first kappa shape index (κ1) is 30.0. The number of sulfonamides is 1. The lowest BCUT2D eigenvalue weighted by molar-refractivity contribution is -0.139. The van der Waals surface area contributed by atoms with Crippen molar-refractivity contribution in [2.45, 2.75) is 51.2 Å². The summed E-state index contributed by atoms with van der Waals surface area (Å²) in [6.07, 6.45) is 0. The second-order valence-electron chi connectivity index (χ2n) is 9.51. The molecule has 39 heavy (non-hydrogen) atoms. The number of hydrogen-bond acceptors (Lipinski definition) is 5. The molecule has 0 heterocycles. The van der Waals surface area contributed by atoms with E-state index in [9.17, 15) is 18.0 Å². The monoisotopic (exact) mass is 571 g/mol. The molecular formula is C29H34ClN3O5S. The van der Waals surface area contributed by atoms with Gasteiger partial charge in [-0.3, -0.25) is 13.9 Å². The first-order valence-corrected chi connectivity index (χ1v) is 14.3. The Morgan fingerprint density at radius 1 is 0.974 bits per heavy atom. The topological polar surface area (TPSA) is 96.0 Å². The highest BCUT2D eigenvalue weighted by Crippen LogP contribution is 2.26.